The molecule has 2 heterocycles. The monoisotopic (exact) mass is 473 g/mol. The van der Waals surface area contributed by atoms with Crippen LogP contribution in [0.5, 0.6) is 0 Å². The highest BCUT2D eigenvalue weighted by Gasteiger charge is 2.38. The maximum Gasteiger partial charge on any atom is 0.490 e. The van der Waals surface area contributed by atoms with Gasteiger partial charge in [0, 0.05) is 12.4 Å². The first-order valence-corrected chi connectivity index (χ1v) is 9.33. The predicted octanol–water partition coefficient (Wildman–Crippen LogP) is 4.02. The van der Waals surface area contributed by atoms with Crippen molar-refractivity contribution >= 4 is 33.2 Å². The second-order valence-corrected chi connectivity index (χ2v) is 6.76. The average molecular weight is 474 g/mol. The standard InChI is InChI=1S/C16H18BrN5.C2HF3O2/c17-13-11-20-22-10-9-19-16(15(13)22)21-14(7-4-8-18)12-5-2-1-3-6-12;3-2(4,5)1(6)7/h1-3,5-6,9-11,14H,4,7-8,18H2,(H,19,21);(H,6,7). The van der Waals surface area contributed by atoms with Crippen molar-refractivity contribution in [3.63, 3.8) is 0 Å². The van der Waals surface area contributed by atoms with Gasteiger partial charge in [-0.2, -0.15) is 18.3 Å². The molecule has 7 nitrogen and oxygen atoms in total. The number of carboxylic acid groups (broad SMARTS) is 1. The third kappa shape index (κ3) is 6.43. The Labute approximate surface area is 172 Å². The zero-order valence-corrected chi connectivity index (χ0v) is 16.7. The molecule has 0 aliphatic carbocycles. The summed E-state index contributed by atoms with van der Waals surface area (Å²) in [5.74, 6) is -1.94. The third-order valence-corrected chi connectivity index (χ3v) is 4.42. The zero-order chi connectivity index (χ0) is 21.4. The molecule has 0 amide bonds. The quantitative estimate of drug-likeness (QED) is 0.499. The Morgan fingerprint density at radius 2 is 1.97 bits per heavy atom. The summed E-state index contributed by atoms with van der Waals surface area (Å²) in [6.07, 6.45) is 2.19. The molecule has 0 aliphatic heterocycles. The largest absolute Gasteiger partial charge is 0.490 e. The summed E-state index contributed by atoms with van der Waals surface area (Å²) in [6.45, 7) is 0.680. The molecule has 0 radical (unpaired) electrons. The maximum atomic E-state index is 10.6. The van der Waals surface area contributed by atoms with Crippen molar-refractivity contribution in [1.29, 1.82) is 0 Å². The first kappa shape index (κ1) is 22.6. The van der Waals surface area contributed by atoms with Gasteiger partial charge in [0.25, 0.3) is 0 Å². The number of hydrogen-bond donors (Lipinski definition) is 3. The van der Waals surface area contributed by atoms with Crippen LogP contribution in [0.2, 0.25) is 0 Å². The van der Waals surface area contributed by atoms with Crippen LogP contribution in [0.25, 0.3) is 5.52 Å². The van der Waals surface area contributed by atoms with Gasteiger partial charge in [-0.05, 0) is 40.9 Å². The lowest BCUT2D eigenvalue weighted by Gasteiger charge is -2.20. The lowest BCUT2D eigenvalue weighted by molar-refractivity contribution is -0.192. The Balaban J connectivity index is 0.000000370. The zero-order valence-electron chi connectivity index (χ0n) is 15.1. The second kappa shape index (κ2) is 10.2. The molecule has 11 heteroatoms. The van der Waals surface area contributed by atoms with E-state index in [4.69, 9.17) is 15.6 Å². The summed E-state index contributed by atoms with van der Waals surface area (Å²) >= 11 is 3.53. The molecule has 0 spiro atoms. The maximum absolute atomic E-state index is 10.6. The smallest absolute Gasteiger partial charge is 0.475 e. The highest BCUT2D eigenvalue weighted by Crippen LogP contribution is 2.28. The Bertz CT molecular complexity index is 934. The topological polar surface area (TPSA) is 106 Å². The number of aliphatic carboxylic acids is 1. The van der Waals surface area contributed by atoms with Crippen molar-refractivity contribution < 1.29 is 23.1 Å². The molecular weight excluding hydrogens is 455 g/mol. The number of benzene rings is 1. The van der Waals surface area contributed by atoms with E-state index in [0.29, 0.717) is 6.54 Å². The number of halogens is 4. The van der Waals surface area contributed by atoms with Crippen molar-refractivity contribution in [1.82, 2.24) is 14.6 Å². The molecule has 0 fully saturated rings. The number of nitrogens with one attached hydrogen (secondary N) is 1. The van der Waals surface area contributed by atoms with E-state index in [-0.39, 0.29) is 6.04 Å². The van der Waals surface area contributed by atoms with E-state index in [2.05, 4.69) is 55.6 Å². The van der Waals surface area contributed by atoms with Crippen molar-refractivity contribution in [3.05, 3.63) is 59.0 Å². The summed E-state index contributed by atoms with van der Waals surface area (Å²) in [4.78, 5) is 13.4. The third-order valence-electron chi connectivity index (χ3n) is 3.84. The van der Waals surface area contributed by atoms with Crippen LogP contribution in [-0.4, -0.2) is 38.4 Å². The SMILES string of the molecule is NCCCC(Nc1nccn2ncc(Br)c12)c1ccccc1.O=C(O)C(F)(F)F. The number of carboxylic acids is 1. The van der Waals surface area contributed by atoms with E-state index in [1.165, 1.54) is 5.56 Å². The molecule has 156 valence electrons. The van der Waals surface area contributed by atoms with Crippen LogP contribution in [0, 0.1) is 0 Å². The van der Waals surface area contributed by atoms with Gasteiger partial charge in [0.15, 0.2) is 5.82 Å². The van der Waals surface area contributed by atoms with E-state index in [9.17, 15) is 13.2 Å². The number of fused-ring (bicyclic) bond motifs is 1. The molecule has 3 rings (SSSR count). The minimum absolute atomic E-state index is 0.172. The Morgan fingerprint density at radius 1 is 1.31 bits per heavy atom. The van der Waals surface area contributed by atoms with Gasteiger partial charge in [-0.3, -0.25) is 0 Å². The van der Waals surface area contributed by atoms with Crippen LogP contribution in [0.3, 0.4) is 0 Å². The molecule has 1 atom stereocenters. The van der Waals surface area contributed by atoms with E-state index in [1.54, 1.807) is 12.4 Å². The van der Waals surface area contributed by atoms with Crippen LogP contribution >= 0.6 is 15.9 Å². The molecule has 29 heavy (non-hydrogen) atoms. The molecule has 0 bridgehead atoms. The van der Waals surface area contributed by atoms with Gasteiger partial charge >= 0.3 is 12.1 Å². The van der Waals surface area contributed by atoms with Gasteiger partial charge in [-0.25, -0.2) is 14.3 Å². The number of carbonyl (C=O) groups is 1. The van der Waals surface area contributed by atoms with E-state index < -0.39 is 12.1 Å². The molecule has 0 saturated carbocycles. The van der Waals surface area contributed by atoms with Crippen molar-refractivity contribution in [2.75, 3.05) is 11.9 Å². The van der Waals surface area contributed by atoms with Crippen LogP contribution in [-0.2, 0) is 4.79 Å². The average Bonchev–Trinajstić information content (AvgIpc) is 3.07. The Hall–Kier alpha value is -2.66. The summed E-state index contributed by atoms with van der Waals surface area (Å²) < 4.78 is 34.5. The molecule has 3 aromatic rings. The first-order chi connectivity index (χ1) is 13.7. The highest BCUT2D eigenvalue weighted by atomic mass is 79.9. The van der Waals surface area contributed by atoms with Gasteiger partial charge in [-0.15, -0.1) is 0 Å². The number of aromatic nitrogens is 3. The molecule has 0 aliphatic rings. The molecule has 1 aromatic carbocycles. The minimum atomic E-state index is -5.08. The van der Waals surface area contributed by atoms with Crippen LogP contribution in [0.4, 0.5) is 19.0 Å². The lowest BCUT2D eigenvalue weighted by atomic mass is 10.0. The van der Waals surface area contributed by atoms with Crippen LogP contribution < -0.4 is 11.1 Å². The minimum Gasteiger partial charge on any atom is -0.475 e. The molecule has 2 aromatic heterocycles. The number of alkyl halides is 3. The van der Waals surface area contributed by atoms with Gasteiger partial charge in [0.1, 0.15) is 5.52 Å². The Kier molecular flexibility index (Phi) is 7.97. The fourth-order valence-corrected chi connectivity index (χ4v) is 2.97. The molecule has 0 saturated heterocycles. The summed E-state index contributed by atoms with van der Waals surface area (Å²) in [5.41, 5.74) is 7.85. The van der Waals surface area contributed by atoms with Gasteiger partial charge in [0.2, 0.25) is 0 Å². The van der Waals surface area contributed by atoms with Crippen molar-refractivity contribution in [2.24, 2.45) is 5.73 Å². The molecule has 1 unspecified atom stereocenters. The number of nitrogens with zero attached hydrogens (tertiary/aromatic N) is 3. The van der Waals surface area contributed by atoms with E-state index in [1.807, 2.05) is 16.8 Å². The van der Waals surface area contributed by atoms with E-state index in [0.717, 1.165) is 28.6 Å². The number of hydrogen-bond acceptors (Lipinski definition) is 5. The number of rotatable bonds is 6. The van der Waals surface area contributed by atoms with E-state index >= 15 is 0 Å². The summed E-state index contributed by atoms with van der Waals surface area (Å²) in [6, 6.07) is 10.5. The fourth-order valence-electron chi connectivity index (χ4n) is 2.51. The molecular formula is C18H19BrF3N5O2. The van der Waals surface area contributed by atoms with Gasteiger partial charge in [0.05, 0.1) is 16.7 Å². The van der Waals surface area contributed by atoms with Gasteiger partial charge < -0.3 is 16.2 Å². The summed E-state index contributed by atoms with van der Waals surface area (Å²) in [7, 11) is 0. The number of anilines is 1. The first-order valence-electron chi connectivity index (χ1n) is 8.53. The number of nitrogens with two attached hydrogens (primary N) is 1. The van der Waals surface area contributed by atoms with Crippen molar-refractivity contribution in [3.8, 4) is 0 Å². The normalized spacial score (nSPS) is 12.2. The van der Waals surface area contributed by atoms with Crippen LogP contribution in [0.15, 0.2) is 53.4 Å². The Morgan fingerprint density at radius 3 is 2.55 bits per heavy atom. The second-order valence-electron chi connectivity index (χ2n) is 5.90. The van der Waals surface area contributed by atoms with Gasteiger partial charge in [-0.1, -0.05) is 30.3 Å². The fraction of sp³-hybridized carbons (Fsp3) is 0.278. The summed E-state index contributed by atoms with van der Waals surface area (Å²) in [5, 5.41) is 15.0. The van der Waals surface area contributed by atoms with Crippen LogP contribution in [0.1, 0.15) is 24.4 Å². The molecule has 4 N–H and O–H groups in total. The van der Waals surface area contributed by atoms with Crippen molar-refractivity contribution in [2.45, 2.75) is 25.1 Å². The lowest BCUT2D eigenvalue weighted by Crippen LogP contribution is -2.21. The highest BCUT2D eigenvalue weighted by molar-refractivity contribution is 9.10. The predicted molar refractivity (Wildman–Crippen MR) is 105 cm³/mol.